The number of benzene rings is 1. The maximum atomic E-state index is 12.9. The van der Waals surface area contributed by atoms with E-state index < -0.39 is 0 Å². The average molecular weight is 333 g/mol. The van der Waals surface area contributed by atoms with Crippen molar-refractivity contribution in [2.75, 3.05) is 20.2 Å². The molecule has 2 rings (SSSR count). The van der Waals surface area contributed by atoms with E-state index in [4.69, 9.17) is 17.0 Å². The Kier molecular flexibility index (Phi) is 5.60. The Labute approximate surface area is 142 Å². The average Bonchev–Trinajstić information content (AvgIpc) is 2.55. The molecule has 1 aliphatic heterocycles. The lowest BCUT2D eigenvalue weighted by atomic mass is 9.94. The first kappa shape index (κ1) is 17.3. The third-order valence-electron chi connectivity index (χ3n) is 4.00. The summed E-state index contributed by atoms with van der Waals surface area (Å²) in [6.07, 6.45) is 0. The zero-order valence-electron chi connectivity index (χ0n) is 14.0. The molecule has 2 N–H and O–H groups in total. The van der Waals surface area contributed by atoms with Crippen LogP contribution in [0.2, 0.25) is 0 Å². The molecule has 1 aliphatic rings. The van der Waals surface area contributed by atoms with Crippen molar-refractivity contribution in [2.45, 2.75) is 26.8 Å². The standard InChI is InChI=1S/C17H23N3O2S/c1-5-20(6-2)16(21)14-11(3)18-17(23)19-15(14)12-7-9-13(22-4)10-8-12/h7-10,15H,5-6H2,1-4H3,(H2,18,19,23). The van der Waals surface area contributed by atoms with Crippen molar-refractivity contribution in [1.82, 2.24) is 15.5 Å². The van der Waals surface area contributed by atoms with Crippen LogP contribution >= 0.6 is 12.2 Å². The van der Waals surface area contributed by atoms with Gasteiger partial charge < -0.3 is 20.3 Å². The van der Waals surface area contributed by atoms with Gasteiger partial charge in [0.2, 0.25) is 0 Å². The molecule has 5 nitrogen and oxygen atoms in total. The van der Waals surface area contributed by atoms with Gasteiger partial charge in [-0.1, -0.05) is 12.1 Å². The molecule has 1 aromatic carbocycles. The van der Waals surface area contributed by atoms with Gasteiger partial charge in [-0.3, -0.25) is 4.79 Å². The van der Waals surface area contributed by atoms with Crippen LogP contribution in [0.25, 0.3) is 0 Å². The van der Waals surface area contributed by atoms with Crippen molar-refractivity contribution in [1.29, 1.82) is 0 Å². The molecule has 0 bridgehead atoms. The third-order valence-corrected chi connectivity index (χ3v) is 4.22. The Bertz CT molecular complexity index is 621. The van der Waals surface area contributed by atoms with Crippen molar-refractivity contribution in [3.63, 3.8) is 0 Å². The normalized spacial score (nSPS) is 17.4. The van der Waals surface area contributed by atoms with Crippen molar-refractivity contribution in [3.05, 3.63) is 41.1 Å². The van der Waals surface area contributed by atoms with Gasteiger partial charge in [-0.2, -0.15) is 0 Å². The van der Waals surface area contributed by atoms with E-state index in [1.807, 2.05) is 49.9 Å². The SMILES string of the molecule is CCN(CC)C(=O)C1=C(C)NC(=S)NC1c1ccc(OC)cc1. The Morgan fingerprint density at radius 3 is 2.39 bits per heavy atom. The fraction of sp³-hybridized carbons (Fsp3) is 0.412. The van der Waals surface area contributed by atoms with E-state index in [0.29, 0.717) is 23.8 Å². The van der Waals surface area contributed by atoms with Gasteiger partial charge in [0.05, 0.1) is 18.7 Å². The molecule has 0 aromatic heterocycles. The molecule has 1 atom stereocenters. The van der Waals surface area contributed by atoms with Crippen LogP contribution in [0, 0.1) is 0 Å². The highest BCUT2D eigenvalue weighted by Crippen LogP contribution is 2.29. The van der Waals surface area contributed by atoms with E-state index in [1.54, 1.807) is 7.11 Å². The van der Waals surface area contributed by atoms with Gasteiger partial charge in [-0.05, 0) is 50.7 Å². The number of nitrogens with zero attached hydrogens (tertiary/aromatic N) is 1. The second kappa shape index (κ2) is 7.46. The molecule has 1 amide bonds. The van der Waals surface area contributed by atoms with Crippen molar-refractivity contribution in [2.24, 2.45) is 0 Å². The summed E-state index contributed by atoms with van der Waals surface area (Å²) in [5, 5.41) is 6.80. The fourth-order valence-electron chi connectivity index (χ4n) is 2.70. The lowest BCUT2D eigenvalue weighted by molar-refractivity contribution is -0.127. The first-order valence-corrected chi connectivity index (χ1v) is 8.14. The van der Waals surface area contributed by atoms with E-state index in [-0.39, 0.29) is 11.9 Å². The Morgan fingerprint density at radius 2 is 1.87 bits per heavy atom. The highest BCUT2D eigenvalue weighted by Gasteiger charge is 2.31. The van der Waals surface area contributed by atoms with Crippen LogP contribution in [0.15, 0.2) is 35.5 Å². The molecule has 23 heavy (non-hydrogen) atoms. The first-order chi connectivity index (χ1) is 11.0. The molecule has 1 aromatic rings. The quantitative estimate of drug-likeness (QED) is 0.810. The van der Waals surface area contributed by atoms with Gasteiger partial charge in [0, 0.05) is 18.8 Å². The van der Waals surface area contributed by atoms with Crippen molar-refractivity contribution < 1.29 is 9.53 Å². The second-order valence-electron chi connectivity index (χ2n) is 5.32. The van der Waals surface area contributed by atoms with Crippen LogP contribution in [0.3, 0.4) is 0 Å². The number of nitrogens with one attached hydrogen (secondary N) is 2. The number of carbonyl (C=O) groups excluding carboxylic acids is 1. The lowest BCUT2D eigenvalue weighted by Gasteiger charge is -2.33. The lowest BCUT2D eigenvalue weighted by Crippen LogP contribution is -2.47. The molecular weight excluding hydrogens is 310 g/mol. The molecule has 1 unspecified atom stereocenters. The summed E-state index contributed by atoms with van der Waals surface area (Å²) < 4.78 is 5.20. The number of amides is 1. The Morgan fingerprint density at radius 1 is 1.26 bits per heavy atom. The molecule has 0 spiro atoms. The largest absolute Gasteiger partial charge is 0.497 e. The van der Waals surface area contributed by atoms with Crippen LogP contribution in [0.1, 0.15) is 32.4 Å². The Balaban J connectivity index is 2.43. The van der Waals surface area contributed by atoms with Gasteiger partial charge in [-0.25, -0.2) is 0 Å². The highest BCUT2D eigenvalue weighted by atomic mass is 32.1. The molecular formula is C17H23N3O2S. The summed E-state index contributed by atoms with van der Waals surface area (Å²) in [5.41, 5.74) is 2.48. The minimum Gasteiger partial charge on any atom is -0.497 e. The molecule has 0 aliphatic carbocycles. The smallest absolute Gasteiger partial charge is 0.253 e. The molecule has 124 valence electrons. The number of rotatable bonds is 5. The molecule has 0 saturated carbocycles. The minimum absolute atomic E-state index is 0.0239. The molecule has 6 heteroatoms. The summed E-state index contributed by atoms with van der Waals surface area (Å²) in [5.74, 6) is 0.804. The third kappa shape index (κ3) is 3.64. The second-order valence-corrected chi connectivity index (χ2v) is 5.73. The van der Waals surface area contributed by atoms with Gasteiger partial charge in [-0.15, -0.1) is 0 Å². The van der Waals surface area contributed by atoms with Crippen LogP contribution in [-0.2, 0) is 4.79 Å². The van der Waals surface area contributed by atoms with Crippen molar-refractivity contribution >= 4 is 23.2 Å². The first-order valence-electron chi connectivity index (χ1n) is 7.73. The van der Waals surface area contributed by atoms with Gasteiger partial charge in [0.25, 0.3) is 5.91 Å². The van der Waals surface area contributed by atoms with Crippen LogP contribution in [0.5, 0.6) is 5.75 Å². The molecule has 1 heterocycles. The zero-order valence-corrected chi connectivity index (χ0v) is 14.8. The highest BCUT2D eigenvalue weighted by molar-refractivity contribution is 7.80. The van der Waals surface area contributed by atoms with E-state index in [2.05, 4.69) is 10.6 Å². The number of ether oxygens (including phenoxy) is 1. The summed E-state index contributed by atoms with van der Waals surface area (Å²) in [7, 11) is 1.63. The molecule has 0 fully saturated rings. The number of hydrogen-bond acceptors (Lipinski definition) is 3. The number of carbonyl (C=O) groups is 1. The van der Waals surface area contributed by atoms with Gasteiger partial charge in [0.1, 0.15) is 5.75 Å². The summed E-state index contributed by atoms with van der Waals surface area (Å²) >= 11 is 5.26. The van der Waals surface area contributed by atoms with E-state index in [0.717, 1.165) is 17.0 Å². The van der Waals surface area contributed by atoms with E-state index >= 15 is 0 Å². The van der Waals surface area contributed by atoms with Crippen molar-refractivity contribution in [3.8, 4) is 5.75 Å². The van der Waals surface area contributed by atoms with E-state index in [9.17, 15) is 4.79 Å². The van der Waals surface area contributed by atoms with Crippen LogP contribution < -0.4 is 15.4 Å². The predicted octanol–water partition coefficient (Wildman–Crippen LogP) is 2.36. The number of thiocarbonyl (C=S) groups is 1. The number of hydrogen-bond donors (Lipinski definition) is 2. The summed E-state index contributed by atoms with van der Waals surface area (Å²) in [6.45, 7) is 7.19. The predicted molar refractivity (Wildman–Crippen MR) is 95.2 cm³/mol. The minimum atomic E-state index is -0.261. The van der Waals surface area contributed by atoms with E-state index in [1.165, 1.54) is 0 Å². The van der Waals surface area contributed by atoms with Gasteiger partial charge >= 0.3 is 0 Å². The monoisotopic (exact) mass is 333 g/mol. The van der Waals surface area contributed by atoms with Crippen LogP contribution in [0.4, 0.5) is 0 Å². The summed E-state index contributed by atoms with van der Waals surface area (Å²) in [6, 6.07) is 7.41. The maximum Gasteiger partial charge on any atom is 0.253 e. The number of likely N-dealkylation sites (N-methyl/N-ethyl adjacent to an activating group) is 1. The van der Waals surface area contributed by atoms with Crippen LogP contribution in [-0.4, -0.2) is 36.1 Å². The zero-order chi connectivity index (χ0) is 17.0. The molecule has 0 radical (unpaired) electrons. The summed E-state index contributed by atoms with van der Waals surface area (Å²) in [4.78, 5) is 14.7. The number of methoxy groups -OCH3 is 1. The molecule has 0 saturated heterocycles. The van der Waals surface area contributed by atoms with Gasteiger partial charge in [0.15, 0.2) is 5.11 Å². The Hall–Kier alpha value is -2.08. The maximum absolute atomic E-state index is 12.9. The fourth-order valence-corrected chi connectivity index (χ4v) is 2.98. The number of allylic oxidation sites excluding steroid dienone is 1. The topological polar surface area (TPSA) is 53.6 Å².